The number of fused-ring (bicyclic) bond motifs is 1. The number of aromatic nitrogens is 2. The minimum absolute atomic E-state index is 0.228. The van der Waals surface area contributed by atoms with E-state index >= 15 is 0 Å². The quantitative estimate of drug-likeness (QED) is 0.485. The molecule has 0 saturated carbocycles. The van der Waals surface area contributed by atoms with Gasteiger partial charge in [-0.2, -0.15) is 0 Å². The molecule has 4 aromatic rings. The molecule has 1 aromatic heterocycles. The predicted octanol–water partition coefficient (Wildman–Crippen LogP) is 4.56. The number of hydrogen-bond acceptors (Lipinski definition) is 4. The van der Waals surface area contributed by atoms with Crippen LogP contribution in [0.15, 0.2) is 66.7 Å². The molecule has 6 nitrogen and oxygen atoms in total. The summed E-state index contributed by atoms with van der Waals surface area (Å²) in [5, 5.41) is 9.12. The smallest absolute Gasteiger partial charge is 0.335 e. The van der Waals surface area contributed by atoms with Gasteiger partial charge in [0.2, 0.25) is 0 Å². The minimum Gasteiger partial charge on any atom is -0.496 e. The number of aromatic amines is 1. The van der Waals surface area contributed by atoms with Gasteiger partial charge >= 0.3 is 5.97 Å². The molecule has 0 aliphatic rings. The predicted molar refractivity (Wildman–Crippen MR) is 111 cm³/mol. The standard InChI is InChI=1S/C23H20N2O4/c1-28-21-5-3-2-4-15(21)12-13-29-18-9-6-16(7-10-18)22-24-19-11-8-17(23(26)27)14-20(19)25-22/h2-11,14H,12-13H2,1H3,(H,24,25)(H,26,27). The number of carboxylic acids is 1. The van der Waals surface area contributed by atoms with Gasteiger partial charge in [0.25, 0.3) is 0 Å². The van der Waals surface area contributed by atoms with Gasteiger partial charge in [0.05, 0.1) is 30.3 Å². The van der Waals surface area contributed by atoms with Crippen molar-refractivity contribution in [3.63, 3.8) is 0 Å². The van der Waals surface area contributed by atoms with E-state index in [1.807, 2.05) is 48.5 Å². The van der Waals surface area contributed by atoms with Crippen LogP contribution in [0.25, 0.3) is 22.4 Å². The molecule has 2 N–H and O–H groups in total. The summed E-state index contributed by atoms with van der Waals surface area (Å²) in [6.07, 6.45) is 0.751. The van der Waals surface area contributed by atoms with E-state index < -0.39 is 5.97 Å². The number of nitrogens with zero attached hydrogens (tertiary/aromatic N) is 1. The van der Waals surface area contributed by atoms with E-state index in [0.29, 0.717) is 17.9 Å². The molecule has 3 aromatic carbocycles. The zero-order valence-corrected chi connectivity index (χ0v) is 15.9. The number of rotatable bonds is 7. The molecule has 4 rings (SSSR count). The molecule has 0 aliphatic heterocycles. The first kappa shape index (κ1) is 18.6. The van der Waals surface area contributed by atoms with Crippen LogP contribution in [0.2, 0.25) is 0 Å². The Morgan fingerprint density at radius 2 is 1.86 bits per heavy atom. The van der Waals surface area contributed by atoms with Crippen molar-refractivity contribution in [3.8, 4) is 22.9 Å². The van der Waals surface area contributed by atoms with Gasteiger partial charge in [-0.15, -0.1) is 0 Å². The molecule has 29 heavy (non-hydrogen) atoms. The number of nitrogens with one attached hydrogen (secondary N) is 1. The number of hydrogen-bond donors (Lipinski definition) is 2. The fraction of sp³-hybridized carbons (Fsp3) is 0.130. The fourth-order valence-corrected chi connectivity index (χ4v) is 3.18. The lowest BCUT2D eigenvalue weighted by Gasteiger charge is -2.09. The van der Waals surface area contributed by atoms with Crippen LogP contribution >= 0.6 is 0 Å². The van der Waals surface area contributed by atoms with Crippen molar-refractivity contribution < 1.29 is 19.4 Å². The van der Waals surface area contributed by atoms with E-state index in [2.05, 4.69) is 9.97 Å². The molecular weight excluding hydrogens is 368 g/mol. The van der Waals surface area contributed by atoms with E-state index in [1.165, 1.54) is 0 Å². The Morgan fingerprint density at radius 3 is 2.62 bits per heavy atom. The summed E-state index contributed by atoms with van der Waals surface area (Å²) in [6, 6.07) is 20.4. The summed E-state index contributed by atoms with van der Waals surface area (Å²) in [5.41, 5.74) is 3.65. The number of carbonyl (C=O) groups is 1. The maximum Gasteiger partial charge on any atom is 0.335 e. The number of methoxy groups -OCH3 is 1. The Kier molecular flexibility index (Phi) is 5.16. The number of ether oxygens (including phenoxy) is 2. The summed E-state index contributed by atoms with van der Waals surface area (Å²) >= 11 is 0. The van der Waals surface area contributed by atoms with Gasteiger partial charge in [0.1, 0.15) is 17.3 Å². The summed E-state index contributed by atoms with van der Waals surface area (Å²) < 4.78 is 11.2. The zero-order chi connectivity index (χ0) is 20.2. The van der Waals surface area contributed by atoms with Crippen LogP contribution in [0.3, 0.4) is 0 Å². The van der Waals surface area contributed by atoms with Crippen molar-refractivity contribution in [1.29, 1.82) is 0 Å². The van der Waals surface area contributed by atoms with Gasteiger partial charge < -0.3 is 19.6 Å². The van der Waals surface area contributed by atoms with Crippen LogP contribution in [0.1, 0.15) is 15.9 Å². The molecule has 0 spiro atoms. The first-order valence-corrected chi connectivity index (χ1v) is 9.22. The average Bonchev–Trinajstić information content (AvgIpc) is 3.18. The van der Waals surface area contributed by atoms with Crippen molar-refractivity contribution in [3.05, 3.63) is 77.9 Å². The number of imidazole rings is 1. The van der Waals surface area contributed by atoms with Crippen molar-refractivity contribution in [1.82, 2.24) is 9.97 Å². The fourth-order valence-electron chi connectivity index (χ4n) is 3.18. The second kappa shape index (κ2) is 8.06. The van der Waals surface area contributed by atoms with Crippen LogP contribution in [0.4, 0.5) is 0 Å². The summed E-state index contributed by atoms with van der Waals surface area (Å²) in [4.78, 5) is 18.8. The zero-order valence-electron chi connectivity index (χ0n) is 15.9. The Hall–Kier alpha value is -3.80. The third-order valence-electron chi connectivity index (χ3n) is 4.69. The molecule has 0 unspecified atom stereocenters. The third kappa shape index (κ3) is 4.06. The lowest BCUT2D eigenvalue weighted by atomic mass is 10.1. The number of para-hydroxylation sites is 1. The highest BCUT2D eigenvalue weighted by molar-refractivity contribution is 5.93. The van der Waals surface area contributed by atoms with Gasteiger partial charge in [-0.05, 0) is 54.1 Å². The van der Waals surface area contributed by atoms with E-state index in [1.54, 1.807) is 25.3 Å². The summed E-state index contributed by atoms with van der Waals surface area (Å²) in [5.74, 6) is 1.36. The number of carboxylic acid groups (broad SMARTS) is 1. The molecular formula is C23H20N2O4. The van der Waals surface area contributed by atoms with Crippen LogP contribution < -0.4 is 9.47 Å². The monoisotopic (exact) mass is 388 g/mol. The first-order chi connectivity index (χ1) is 14.1. The lowest BCUT2D eigenvalue weighted by Crippen LogP contribution is -2.02. The Balaban J connectivity index is 1.44. The lowest BCUT2D eigenvalue weighted by molar-refractivity contribution is 0.0697. The summed E-state index contributed by atoms with van der Waals surface area (Å²) in [7, 11) is 1.67. The van der Waals surface area contributed by atoms with Crippen LogP contribution in [-0.2, 0) is 6.42 Å². The van der Waals surface area contributed by atoms with Gasteiger partial charge in [-0.3, -0.25) is 0 Å². The van der Waals surface area contributed by atoms with E-state index in [0.717, 1.165) is 34.6 Å². The van der Waals surface area contributed by atoms with Crippen molar-refractivity contribution in [2.75, 3.05) is 13.7 Å². The molecule has 1 heterocycles. The first-order valence-electron chi connectivity index (χ1n) is 9.22. The molecule has 0 atom stereocenters. The Bertz CT molecular complexity index is 1150. The van der Waals surface area contributed by atoms with E-state index in [-0.39, 0.29) is 5.56 Å². The largest absolute Gasteiger partial charge is 0.496 e. The molecule has 0 saturated heterocycles. The SMILES string of the molecule is COc1ccccc1CCOc1ccc(-c2nc3ccc(C(=O)O)cc3[nH]2)cc1. The van der Waals surface area contributed by atoms with Crippen molar-refractivity contribution in [2.45, 2.75) is 6.42 Å². The highest BCUT2D eigenvalue weighted by Crippen LogP contribution is 2.24. The molecule has 0 fully saturated rings. The van der Waals surface area contributed by atoms with Crippen LogP contribution in [0.5, 0.6) is 11.5 Å². The maximum absolute atomic E-state index is 11.1. The second-order valence-electron chi connectivity index (χ2n) is 6.56. The molecule has 6 heteroatoms. The maximum atomic E-state index is 11.1. The highest BCUT2D eigenvalue weighted by Gasteiger charge is 2.09. The van der Waals surface area contributed by atoms with Crippen molar-refractivity contribution in [2.24, 2.45) is 0 Å². The number of H-pyrrole nitrogens is 1. The Labute approximate surface area is 167 Å². The average molecular weight is 388 g/mol. The summed E-state index contributed by atoms with van der Waals surface area (Å²) in [6.45, 7) is 0.544. The molecule has 146 valence electrons. The number of benzene rings is 3. The Morgan fingerprint density at radius 1 is 1.07 bits per heavy atom. The minimum atomic E-state index is -0.960. The van der Waals surface area contributed by atoms with Gasteiger partial charge in [-0.1, -0.05) is 18.2 Å². The molecule has 0 aliphatic carbocycles. The topological polar surface area (TPSA) is 84.4 Å². The van der Waals surface area contributed by atoms with Gasteiger partial charge in [-0.25, -0.2) is 9.78 Å². The van der Waals surface area contributed by atoms with Crippen molar-refractivity contribution >= 4 is 17.0 Å². The van der Waals surface area contributed by atoms with E-state index in [4.69, 9.17) is 14.6 Å². The molecule has 0 radical (unpaired) electrons. The van der Waals surface area contributed by atoms with Crippen LogP contribution in [0, 0.1) is 0 Å². The van der Waals surface area contributed by atoms with Crippen LogP contribution in [-0.4, -0.2) is 34.8 Å². The normalized spacial score (nSPS) is 10.8. The molecule has 0 amide bonds. The molecule has 0 bridgehead atoms. The van der Waals surface area contributed by atoms with E-state index in [9.17, 15) is 4.79 Å². The van der Waals surface area contributed by atoms with Gasteiger partial charge in [0, 0.05) is 12.0 Å². The number of aromatic carboxylic acids is 1. The third-order valence-corrected chi connectivity index (χ3v) is 4.69. The highest BCUT2D eigenvalue weighted by atomic mass is 16.5. The van der Waals surface area contributed by atoms with Gasteiger partial charge in [0.15, 0.2) is 0 Å². The second-order valence-corrected chi connectivity index (χ2v) is 6.56.